The third-order valence-electron chi connectivity index (χ3n) is 8.16. The van der Waals surface area contributed by atoms with Crippen LogP contribution in [0.3, 0.4) is 0 Å². The number of aromatic nitrogens is 2. The summed E-state index contributed by atoms with van der Waals surface area (Å²) in [5, 5.41) is 8.58. The van der Waals surface area contributed by atoms with Gasteiger partial charge in [-0.15, -0.1) is 0 Å². The molecule has 1 aromatic heterocycles. The third kappa shape index (κ3) is 3.41. The maximum atomic E-state index is 14.4. The van der Waals surface area contributed by atoms with Crippen molar-refractivity contribution in [3.8, 4) is 11.3 Å². The van der Waals surface area contributed by atoms with Gasteiger partial charge in [0.05, 0.1) is 21.8 Å². The zero-order chi connectivity index (χ0) is 26.0. The molecule has 0 spiro atoms. The molecule has 3 aromatic rings. The second-order valence-electron chi connectivity index (χ2n) is 10.0. The highest BCUT2D eigenvalue weighted by atomic mass is 32.2. The van der Waals surface area contributed by atoms with Crippen LogP contribution in [-0.4, -0.2) is 36.0 Å². The number of benzene rings is 2. The molecule has 5 nitrogen and oxygen atoms in total. The average molecular weight is 520 g/mol. The molecule has 2 atom stereocenters. The van der Waals surface area contributed by atoms with Crippen molar-refractivity contribution in [2.24, 2.45) is 5.41 Å². The molecule has 2 aliphatic rings. The van der Waals surface area contributed by atoms with Crippen LogP contribution < -0.4 is 0 Å². The van der Waals surface area contributed by atoms with Crippen LogP contribution in [0.15, 0.2) is 47.4 Å². The van der Waals surface area contributed by atoms with Gasteiger partial charge in [-0.05, 0) is 66.1 Å². The maximum absolute atomic E-state index is 14.4. The van der Waals surface area contributed by atoms with E-state index in [1.54, 1.807) is 13.0 Å². The van der Waals surface area contributed by atoms with E-state index in [0.29, 0.717) is 18.2 Å². The minimum atomic E-state index is -4.14. The first-order chi connectivity index (χ1) is 16.9. The van der Waals surface area contributed by atoms with Crippen LogP contribution in [0.25, 0.3) is 11.3 Å². The molecule has 36 heavy (non-hydrogen) atoms. The molecule has 1 fully saturated rings. The predicted molar refractivity (Wildman–Crippen MR) is 126 cm³/mol. The predicted octanol–water partition coefficient (Wildman–Crippen LogP) is 5.57. The van der Waals surface area contributed by atoms with Gasteiger partial charge in [0.15, 0.2) is 11.6 Å². The van der Waals surface area contributed by atoms with E-state index in [-0.39, 0.29) is 35.2 Å². The molecule has 0 amide bonds. The van der Waals surface area contributed by atoms with Crippen molar-refractivity contribution >= 4 is 10.0 Å². The molecule has 2 bridgehead atoms. The lowest BCUT2D eigenvalue weighted by molar-refractivity contribution is 0.169. The first kappa shape index (κ1) is 24.8. The van der Waals surface area contributed by atoms with E-state index < -0.39 is 44.1 Å². The Morgan fingerprint density at radius 1 is 0.972 bits per heavy atom. The van der Waals surface area contributed by atoms with Crippen molar-refractivity contribution in [3.63, 3.8) is 0 Å². The Morgan fingerprint density at radius 2 is 1.67 bits per heavy atom. The number of hydrogen-bond donors (Lipinski definition) is 0. The van der Waals surface area contributed by atoms with E-state index in [4.69, 9.17) is 0 Å². The summed E-state index contributed by atoms with van der Waals surface area (Å²) in [5.74, 6) is -3.86. The van der Waals surface area contributed by atoms with Crippen LogP contribution in [0.2, 0.25) is 0 Å². The van der Waals surface area contributed by atoms with Crippen LogP contribution in [0.1, 0.15) is 50.8 Å². The van der Waals surface area contributed by atoms with Gasteiger partial charge in [0.25, 0.3) is 0 Å². The van der Waals surface area contributed by atoms with E-state index in [9.17, 15) is 26.0 Å². The lowest BCUT2D eigenvalue weighted by atomic mass is 9.68. The molecular formula is C26H25F4N3O2S. The van der Waals surface area contributed by atoms with Gasteiger partial charge in [-0.2, -0.15) is 14.5 Å². The molecule has 0 saturated heterocycles. The van der Waals surface area contributed by atoms with Crippen molar-refractivity contribution < 1.29 is 26.0 Å². The first-order valence-electron chi connectivity index (χ1n) is 11.7. The van der Waals surface area contributed by atoms with E-state index in [1.807, 2.05) is 13.8 Å². The average Bonchev–Trinajstić information content (AvgIpc) is 3.18. The highest BCUT2D eigenvalue weighted by Gasteiger charge is 2.64. The second-order valence-corrected chi connectivity index (χ2v) is 12.0. The lowest BCUT2D eigenvalue weighted by Crippen LogP contribution is -2.48. The second kappa shape index (κ2) is 8.34. The fraction of sp³-hybridized carbons (Fsp3) is 0.385. The number of fused-ring (bicyclic) bond motifs is 5. The summed E-state index contributed by atoms with van der Waals surface area (Å²) in [5.41, 5.74) is 0.105. The minimum Gasteiger partial charge on any atom is -0.207 e. The van der Waals surface area contributed by atoms with Crippen molar-refractivity contribution in [1.82, 2.24) is 14.5 Å². The van der Waals surface area contributed by atoms with Gasteiger partial charge in [0.1, 0.15) is 11.6 Å². The molecule has 2 aliphatic carbocycles. The van der Waals surface area contributed by atoms with Crippen molar-refractivity contribution in [1.29, 1.82) is 0 Å². The number of nitrogens with zero attached hydrogens (tertiary/aromatic N) is 3. The largest absolute Gasteiger partial charge is 0.243 e. The highest BCUT2D eigenvalue weighted by Crippen LogP contribution is 2.67. The van der Waals surface area contributed by atoms with Crippen LogP contribution in [-0.2, 0) is 15.4 Å². The molecule has 5 rings (SSSR count). The number of sulfonamides is 1. The van der Waals surface area contributed by atoms with Gasteiger partial charge >= 0.3 is 0 Å². The van der Waals surface area contributed by atoms with Gasteiger partial charge in [-0.25, -0.2) is 26.0 Å². The summed E-state index contributed by atoms with van der Waals surface area (Å²) in [7, 11) is -4.14. The Kier molecular flexibility index (Phi) is 5.75. The van der Waals surface area contributed by atoms with Gasteiger partial charge in [-0.1, -0.05) is 26.8 Å². The summed E-state index contributed by atoms with van der Waals surface area (Å²) >= 11 is 0. The standard InChI is InChI=1S/C26H25F4N3O2S/c1-4-33(36(34,35)15-8-9-18(27)21(30)12-15)14-26-11-10-17(25(26,2)3)16-13-22(31-32-24(16)26)23-19(28)6-5-7-20(23)29/h5-9,12-13,17H,4,10-11,14H2,1-3H3/t17-,26-/m0/s1. The number of likely N-dealkylation sites (N-methyl/N-ethyl adjacent to an activating group) is 1. The summed E-state index contributed by atoms with van der Waals surface area (Å²) in [6.07, 6.45) is 1.39. The first-order valence-corrected chi connectivity index (χ1v) is 13.2. The summed E-state index contributed by atoms with van der Waals surface area (Å²) < 4.78 is 84.3. The van der Waals surface area contributed by atoms with Crippen LogP contribution in [0.5, 0.6) is 0 Å². The van der Waals surface area contributed by atoms with Gasteiger partial charge in [0, 0.05) is 18.5 Å². The maximum Gasteiger partial charge on any atom is 0.243 e. The summed E-state index contributed by atoms with van der Waals surface area (Å²) in [4.78, 5) is -0.332. The molecule has 190 valence electrons. The number of hydrogen-bond acceptors (Lipinski definition) is 4. The van der Waals surface area contributed by atoms with Gasteiger partial charge in [0.2, 0.25) is 10.0 Å². The molecule has 0 radical (unpaired) electrons. The summed E-state index contributed by atoms with van der Waals surface area (Å²) in [6.45, 7) is 5.91. The van der Waals surface area contributed by atoms with Gasteiger partial charge in [-0.3, -0.25) is 0 Å². The molecular weight excluding hydrogens is 494 g/mol. The molecule has 10 heteroatoms. The zero-order valence-corrected chi connectivity index (χ0v) is 20.8. The van der Waals surface area contributed by atoms with E-state index in [2.05, 4.69) is 10.2 Å². The number of halogens is 4. The molecule has 2 aromatic carbocycles. The summed E-state index contributed by atoms with van der Waals surface area (Å²) in [6, 6.07) is 7.79. The van der Waals surface area contributed by atoms with E-state index in [0.717, 1.165) is 36.2 Å². The van der Waals surface area contributed by atoms with Gasteiger partial charge < -0.3 is 0 Å². The van der Waals surface area contributed by atoms with Crippen LogP contribution in [0.4, 0.5) is 17.6 Å². The topological polar surface area (TPSA) is 63.2 Å². The Bertz CT molecular complexity index is 1460. The molecule has 0 N–H and O–H groups in total. The normalized spacial score (nSPS) is 22.3. The molecule has 0 unspecified atom stereocenters. The Balaban J connectivity index is 1.58. The van der Waals surface area contributed by atoms with Crippen LogP contribution >= 0.6 is 0 Å². The zero-order valence-electron chi connectivity index (χ0n) is 20.0. The SMILES string of the molecule is CCN(C[C@@]12CC[C@@H](c3cc(-c4c(F)cccc4F)nnc31)C2(C)C)S(=O)(=O)c1ccc(F)c(F)c1. The van der Waals surface area contributed by atoms with Crippen molar-refractivity contribution in [2.45, 2.75) is 49.8 Å². The molecule has 1 saturated carbocycles. The van der Waals surface area contributed by atoms with Crippen molar-refractivity contribution in [2.75, 3.05) is 13.1 Å². The Morgan fingerprint density at radius 3 is 2.31 bits per heavy atom. The molecule has 1 heterocycles. The third-order valence-corrected chi connectivity index (χ3v) is 10.1. The lowest BCUT2D eigenvalue weighted by Gasteiger charge is -2.41. The van der Waals surface area contributed by atoms with Crippen LogP contribution in [0, 0.1) is 28.7 Å². The fourth-order valence-electron chi connectivity index (χ4n) is 6.10. The Hall–Kier alpha value is -2.85. The fourth-order valence-corrected chi connectivity index (χ4v) is 7.62. The smallest absolute Gasteiger partial charge is 0.207 e. The van der Waals surface area contributed by atoms with E-state index >= 15 is 0 Å². The highest BCUT2D eigenvalue weighted by molar-refractivity contribution is 7.89. The Labute approximate surface area is 207 Å². The quantitative estimate of drug-likeness (QED) is 0.400. The van der Waals surface area contributed by atoms with Crippen molar-refractivity contribution in [3.05, 3.63) is 77.0 Å². The van der Waals surface area contributed by atoms with E-state index in [1.165, 1.54) is 10.4 Å². The monoisotopic (exact) mass is 519 g/mol. The molecule has 0 aliphatic heterocycles. The minimum absolute atomic E-state index is 0.0127. The number of rotatable bonds is 6.